The first-order valence-corrected chi connectivity index (χ1v) is 9.68. The zero-order valence-electron chi connectivity index (χ0n) is 14.6. The van der Waals surface area contributed by atoms with E-state index in [1.807, 2.05) is 11.3 Å². The summed E-state index contributed by atoms with van der Waals surface area (Å²) in [7, 11) is 2.15. The third kappa shape index (κ3) is 3.50. The van der Waals surface area contributed by atoms with Gasteiger partial charge in [0.15, 0.2) is 0 Å². The second-order valence-corrected chi connectivity index (χ2v) is 7.91. The van der Waals surface area contributed by atoms with Gasteiger partial charge in [-0.1, -0.05) is 19.8 Å². The number of nitrogen functional groups attached to an aromatic ring is 1. The molecular formula is C18H28N4S. The average molecular weight is 333 g/mol. The van der Waals surface area contributed by atoms with Gasteiger partial charge in [-0.15, -0.1) is 11.3 Å². The number of anilines is 1. The molecule has 2 aromatic rings. The Balaban J connectivity index is 1.89. The van der Waals surface area contributed by atoms with Crippen molar-refractivity contribution in [3.05, 3.63) is 16.3 Å². The van der Waals surface area contributed by atoms with Gasteiger partial charge in [0.1, 0.15) is 16.5 Å². The van der Waals surface area contributed by atoms with E-state index in [1.54, 1.807) is 0 Å². The van der Waals surface area contributed by atoms with Crippen LogP contribution in [-0.2, 0) is 19.4 Å². The van der Waals surface area contributed by atoms with Crippen LogP contribution in [-0.4, -0.2) is 28.0 Å². The SMILES string of the molecule is CCCC(C)N(C)Cc1nc(N)c2c3c(sc2n1)CCCCC3. The van der Waals surface area contributed by atoms with Crippen molar-refractivity contribution in [2.24, 2.45) is 0 Å². The minimum absolute atomic E-state index is 0.542. The van der Waals surface area contributed by atoms with E-state index in [2.05, 4.69) is 30.8 Å². The molecule has 0 amide bonds. The second-order valence-electron chi connectivity index (χ2n) is 6.82. The van der Waals surface area contributed by atoms with E-state index in [0.29, 0.717) is 11.9 Å². The topological polar surface area (TPSA) is 55.0 Å². The van der Waals surface area contributed by atoms with Crippen molar-refractivity contribution in [3.63, 3.8) is 0 Å². The standard InChI is InChI=1S/C18H28N4S/c1-4-8-12(2)22(3)11-15-20-17(19)16-13-9-6-5-7-10-14(13)23-18(16)21-15/h12H,4-11H2,1-3H3,(H2,19,20,21). The van der Waals surface area contributed by atoms with Crippen LogP contribution in [0.25, 0.3) is 10.2 Å². The molecule has 1 atom stereocenters. The lowest BCUT2D eigenvalue weighted by molar-refractivity contribution is 0.232. The molecule has 2 heterocycles. The number of rotatable bonds is 5. The first-order chi connectivity index (χ1) is 11.1. The lowest BCUT2D eigenvalue weighted by Gasteiger charge is -2.23. The van der Waals surface area contributed by atoms with Crippen molar-refractivity contribution in [2.75, 3.05) is 12.8 Å². The van der Waals surface area contributed by atoms with Gasteiger partial charge in [-0.2, -0.15) is 0 Å². The van der Waals surface area contributed by atoms with E-state index in [4.69, 9.17) is 10.7 Å². The van der Waals surface area contributed by atoms with E-state index in [9.17, 15) is 0 Å². The normalized spacial score (nSPS) is 16.5. The lowest BCUT2D eigenvalue weighted by atomic mass is 10.1. The van der Waals surface area contributed by atoms with Crippen LogP contribution in [0.3, 0.4) is 0 Å². The van der Waals surface area contributed by atoms with Crippen LogP contribution in [0, 0.1) is 0 Å². The van der Waals surface area contributed by atoms with Crippen LogP contribution < -0.4 is 5.73 Å². The Morgan fingerprint density at radius 1 is 1.22 bits per heavy atom. The molecule has 0 aliphatic heterocycles. The molecule has 0 spiro atoms. The summed E-state index contributed by atoms with van der Waals surface area (Å²) in [4.78, 5) is 14.4. The molecule has 4 nitrogen and oxygen atoms in total. The van der Waals surface area contributed by atoms with Crippen LogP contribution in [0.2, 0.25) is 0 Å². The fourth-order valence-corrected chi connectivity index (χ4v) is 4.78. The maximum atomic E-state index is 6.32. The molecule has 1 aliphatic carbocycles. The summed E-state index contributed by atoms with van der Waals surface area (Å²) < 4.78 is 0. The summed E-state index contributed by atoms with van der Waals surface area (Å²) in [5.41, 5.74) is 7.75. The van der Waals surface area contributed by atoms with E-state index >= 15 is 0 Å². The van der Waals surface area contributed by atoms with Gasteiger partial charge < -0.3 is 5.73 Å². The van der Waals surface area contributed by atoms with E-state index < -0.39 is 0 Å². The van der Waals surface area contributed by atoms with Crippen molar-refractivity contribution in [2.45, 2.75) is 71.4 Å². The zero-order chi connectivity index (χ0) is 16.4. The number of aryl methyl sites for hydroxylation is 2. The van der Waals surface area contributed by atoms with Crippen LogP contribution in [0.15, 0.2) is 0 Å². The Hall–Kier alpha value is -1.20. The predicted octanol–water partition coefficient (Wildman–Crippen LogP) is 4.16. The van der Waals surface area contributed by atoms with Crippen molar-refractivity contribution in [3.8, 4) is 0 Å². The molecule has 5 heteroatoms. The fourth-order valence-electron chi connectivity index (χ4n) is 3.50. The molecule has 3 rings (SSSR count). The van der Waals surface area contributed by atoms with Crippen molar-refractivity contribution < 1.29 is 0 Å². The largest absolute Gasteiger partial charge is 0.383 e. The molecule has 1 aliphatic rings. The Kier molecular flexibility index (Phi) is 5.17. The predicted molar refractivity (Wildman–Crippen MR) is 98.9 cm³/mol. The van der Waals surface area contributed by atoms with Crippen LogP contribution >= 0.6 is 11.3 Å². The van der Waals surface area contributed by atoms with Crippen molar-refractivity contribution in [1.29, 1.82) is 0 Å². The highest BCUT2D eigenvalue weighted by Gasteiger charge is 2.20. The van der Waals surface area contributed by atoms with Gasteiger partial charge in [0.05, 0.1) is 11.9 Å². The Bertz CT molecular complexity index is 679. The van der Waals surface area contributed by atoms with E-state index in [-0.39, 0.29) is 0 Å². The Labute approximate surface area is 143 Å². The molecule has 0 radical (unpaired) electrons. The number of aromatic nitrogens is 2. The number of fused-ring (bicyclic) bond motifs is 3. The third-order valence-electron chi connectivity index (χ3n) is 4.99. The minimum atomic E-state index is 0.542. The highest BCUT2D eigenvalue weighted by molar-refractivity contribution is 7.18. The van der Waals surface area contributed by atoms with Crippen molar-refractivity contribution in [1.82, 2.24) is 14.9 Å². The van der Waals surface area contributed by atoms with Gasteiger partial charge in [-0.05, 0) is 51.6 Å². The first-order valence-electron chi connectivity index (χ1n) is 8.87. The average Bonchev–Trinajstić information content (AvgIpc) is 2.70. The Morgan fingerprint density at radius 2 is 2.00 bits per heavy atom. The number of nitrogens with zero attached hydrogens (tertiary/aromatic N) is 3. The molecule has 0 saturated carbocycles. The van der Waals surface area contributed by atoms with Gasteiger partial charge in [0.2, 0.25) is 0 Å². The minimum Gasteiger partial charge on any atom is -0.383 e. The number of hydrogen-bond donors (Lipinski definition) is 1. The number of nitrogens with two attached hydrogens (primary N) is 1. The highest BCUT2D eigenvalue weighted by atomic mass is 32.1. The summed E-state index contributed by atoms with van der Waals surface area (Å²) in [6.07, 6.45) is 8.58. The van der Waals surface area contributed by atoms with Gasteiger partial charge in [0, 0.05) is 10.9 Å². The fraction of sp³-hybridized carbons (Fsp3) is 0.667. The number of hydrogen-bond acceptors (Lipinski definition) is 5. The smallest absolute Gasteiger partial charge is 0.146 e. The third-order valence-corrected chi connectivity index (χ3v) is 6.17. The quantitative estimate of drug-likeness (QED) is 0.835. The van der Waals surface area contributed by atoms with Crippen LogP contribution in [0.5, 0.6) is 0 Å². The molecule has 0 saturated heterocycles. The summed E-state index contributed by atoms with van der Waals surface area (Å²) in [6, 6.07) is 0.542. The van der Waals surface area contributed by atoms with Crippen LogP contribution in [0.1, 0.15) is 62.2 Å². The summed E-state index contributed by atoms with van der Waals surface area (Å²) in [5.74, 6) is 1.54. The number of thiophene rings is 1. The lowest BCUT2D eigenvalue weighted by Crippen LogP contribution is -2.29. The molecule has 1 unspecified atom stereocenters. The van der Waals surface area contributed by atoms with Gasteiger partial charge in [0.25, 0.3) is 0 Å². The molecule has 2 N–H and O–H groups in total. The van der Waals surface area contributed by atoms with E-state index in [1.165, 1.54) is 49.0 Å². The molecule has 126 valence electrons. The van der Waals surface area contributed by atoms with Gasteiger partial charge in [-0.25, -0.2) is 9.97 Å². The molecule has 23 heavy (non-hydrogen) atoms. The zero-order valence-corrected chi connectivity index (χ0v) is 15.4. The summed E-state index contributed by atoms with van der Waals surface area (Å²) in [5, 5.41) is 1.14. The molecular weight excluding hydrogens is 304 g/mol. The maximum Gasteiger partial charge on any atom is 0.146 e. The highest BCUT2D eigenvalue weighted by Crippen LogP contribution is 2.37. The molecule has 0 fully saturated rings. The summed E-state index contributed by atoms with van der Waals surface area (Å²) >= 11 is 1.84. The Morgan fingerprint density at radius 3 is 2.78 bits per heavy atom. The molecule has 0 aromatic carbocycles. The second kappa shape index (κ2) is 7.14. The van der Waals surface area contributed by atoms with Crippen molar-refractivity contribution >= 4 is 27.4 Å². The monoisotopic (exact) mass is 332 g/mol. The summed E-state index contributed by atoms with van der Waals surface area (Å²) in [6.45, 7) is 5.26. The molecule has 0 bridgehead atoms. The van der Waals surface area contributed by atoms with Crippen LogP contribution in [0.4, 0.5) is 5.82 Å². The van der Waals surface area contributed by atoms with Gasteiger partial charge in [-0.3, -0.25) is 4.90 Å². The maximum absolute atomic E-state index is 6.32. The first kappa shape index (κ1) is 16.7. The van der Waals surface area contributed by atoms with Gasteiger partial charge >= 0.3 is 0 Å². The van der Waals surface area contributed by atoms with E-state index in [0.717, 1.165) is 29.0 Å². The molecule has 2 aromatic heterocycles.